The molecule has 4 aliphatic rings. The molecule has 3 aliphatic heterocycles. The first-order valence-electron chi connectivity index (χ1n) is 10.3. The van der Waals surface area contributed by atoms with E-state index in [2.05, 4.69) is 14.7 Å². The third kappa shape index (κ3) is 3.94. The molecule has 5 rings (SSSR count). The summed E-state index contributed by atoms with van der Waals surface area (Å²) in [4.78, 5) is 0. The molecule has 29 heavy (non-hydrogen) atoms. The highest BCUT2D eigenvalue weighted by Crippen LogP contribution is 2.48. The molecule has 3 saturated heterocycles. The van der Waals surface area contributed by atoms with E-state index in [1.165, 1.54) is 29.5 Å². The Hall–Kier alpha value is -0.810. The second-order valence-corrected chi connectivity index (χ2v) is 10.3. The van der Waals surface area contributed by atoms with E-state index in [1.807, 2.05) is 0 Å². The largest absolute Gasteiger partial charge is 0.435 e. The quantitative estimate of drug-likeness (QED) is 0.739. The summed E-state index contributed by atoms with van der Waals surface area (Å²) in [6.07, 6.45) is 0.857. The molecule has 1 N–H and O–H groups in total. The van der Waals surface area contributed by atoms with E-state index in [9.17, 15) is 13.2 Å². The molecule has 1 atom stereocenters. The van der Waals surface area contributed by atoms with Gasteiger partial charge in [0.05, 0.1) is 25.4 Å². The lowest BCUT2D eigenvalue weighted by molar-refractivity contribution is -0.168. The molecule has 1 aromatic rings. The Morgan fingerprint density at radius 3 is 2.48 bits per heavy atom. The number of rotatable bonds is 4. The Labute approximate surface area is 172 Å². The lowest BCUT2D eigenvalue weighted by Gasteiger charge is -2.54. The summed E-state index contributed by atoms with van der Waals surface area (Å²) in [5.41, 5.74) is -0.454. The smallest absolute Gasteiger partial charge is 0.380 e. The van der Waals surface area contributed by atoms with Gasteiger partial charge in [-0.15, -0.1) is 0 Å². The number of aromatic nitrogens is 2. The zero-order chi connectivity index (χ0) is 20.3. The highest BCUT2D eigenvalue weighted by atomic mass is 32.2. The third-order valence-electron chi connectivity index (χ3n) is 6.84. The summed E-state index contributed by atoms with van der Waals surface area (Å²) >= 11 is 1.35. The number of hydrogen-bond donors (Lipinski definition) is 1. The molecule has 4 heterocycles. The lowest BCUT2D eigenvalue weighted by Crippen LogP contribution is -2.60. The van der Waals surface area contributed by atoms with Gasteiger partial charge in [-0.2, -0.15) is 18.3 Å². The molecule has 162 valence electrons. The van der Waals surface area contributed by atoms with Gasteiger partial charge in [0.2, 0.25) is 0 Å². The molecular weight excluding hydrogens is 405 g/mol. The van der Waals surface area contributed by atoms with E-state index in [4.69, 9.17) is 9.47 Å². The van der Waals surface area contributed by atoms with E-state index in [-0.39, 0.29) is 5.60 Å². The fourth-order valence-corrected chi connectivity index (χ4v) is 6.11. The minimum atomic E-state index is -4.41. The maximum Gasteiger partial charge on any atom is 0.435 e. The number of ether oxygens (including phenoxy) is 2. The zero-order valence-electron chi connectivity index (χ0n) is 16.5. The Bertz CT molecular complexity index is 751. The van der Waals surface area contributed by atoms with Crippen LogP contribution in [0.4, 0.5) is 13.2 Å². The van der Waals surface area contributed by atoms with Crippen LogP contribution in [-0.2, 0) is 22.7 Å². The van der Waals surface area contributed by atoms with E-state index >= 15 is 0 Å². The van der Waals surface area contributed by atoms with Crippen molar-refractivity contribution in [3.8, 4) is 0 Å². The average Bonchev–Trinajstić information content (AvgIpc) is 3.15. The highest BCUT2D eigenvalue weighted by Gasteiger charge is 2.51. The molecule has 1 saturated carbocycles. The van der Waals surface area contributed by atoms with Crippen LogP contribution >= 0.6 is 11.9 Å². The molecule has 1 unspecified atom stereocenters. The summed E-state index contributed by atoms with van der Waals surface area (Å²) in [7, 11) is 1.56. The predicted molar refractivity (Wildman–Crippen MR) is 101 cm³/mol. The van der Waals surface area contributed by atoms with Gasteiger partial charge in [-0.1, -0.05) is 0 Å². The monoisotopic (exact) mass is 432 g/mol. The first-order valence-corrected chi connectivity index (χ1v) is 11.0. The molecule has 4 fully saturated rings. The first kappa shape index (κ1) is 20.1. The summed E-state index contributed by atoms with van der Waals surface area (Å²) in [5.74, 6) is 0. The Morgan fingerprint density at radius 1 is 1.17 bits per heavy atom. The van der Waals surface area contributed by atoms with Crippen LogP contribution in [0.3, 0.4) is 0 Å². The summed E-state index contributed by atoms with van der Waals surface area (Å²) in [6.45, 7) is 4.20. The van der Waals surface area contributed by atoms with Crippen LogP contribution in [0.15, 0.2) is 11.1 Å². The van der Waals surface area contributed by atoms with Crippen molar-refractivity contribution in [2.24, 2.45) is 12.5 Å². The molecule has 0 bridgehead atoms. The van der Waals surface area contributed by atoms with Gasteiger partial charge in [-0.25, -0.2) is 4.31 Å². The fourth-order valence-electron chi connectivity index (χ4n) is 5.15. The minimum absolute atomic E-state index is 0.0840. The van der Waals surface area contributed by atoms with E-state index in [0.717, 1.165) is 58.2 Å². The van der Waals surface area contributed by atoms with Gasteiger partial charge in [0.25, 0.3) is 0 Å². The molecular formula is C19H27F3N4O2S. The Kier molecular flexibility index (Phi) is 4.94. The van der Waals surface area contributed by atoms with E-state index in [1.54, 1.807) is 7.05 Å². The van der Waals surface area contributed by atoms with Crippen LogP contribution in [-0.4, -0.2) is 64.7 Å². The van der Waals surface area contributed by atoms with Gasteiger partial charge in [0.1, 0.15) is 5.03 Å². The van der Waals surface area contributed by atoms with Crippen molar-refractivity contribution in [1.82, 2.24) is 19.4 Å². The van der Waals surface area contributed by atoms with Crippen LogP contribution < -0.4 is 5.32 Å². The molecule has 1 aliphatic carbocycles. The van der Waals surface area contributed by atoms with E-state index in [0.29, 0.717) is 22.5 Å². The minimum Gasteiger partial charge on any atom is -0.380 e. The topological polar surface area (TPSA) is 51.6 Å². The summed E-state index contributed by atoms with van der Waals surface area (Å²) < 4.78 is 53.6. The number of piperidine rings is 1. The van der Waals surface area contributed by atoms with Crippen molar-refractivity contribution in [1.29, 1.82) is 0 Å². The number of nitrogens with zero attached hydrogens (tertiary/aromatic N) is 3. The Balaban J connectivity index is 1.10. The van der Waals surface area contributed by atoms with Crippen molar-refractivity contribution in [3.05, 3.63) is 11.8 Å². The van der Waals surface area contributed by atoms with Gasteiger partial charge in [0, 0.05) is 43.7 Å². The van der Waals surface area contributed by atoms with Gasteiger partial charge in [-0.3, -0.25) is 4.68 Å². The molecule has 0 radical (unpaired) electrons. The van der Waals surface area contributed by atoms with Crippen molar-refractivity contribution in [2.75, 3.05) is 32.9 Å². The summed E-state index contributed by atoms with van der Waals surface area (Å²) in [5, 5.41) is 7.87. The van der Waals surface area contributed by atoms with Crippen molar-refractivity contribution in [2.45, 2.75) is 61.0 Å². The number of aryl methyl sites for hydroxylation is 1. The van der Waals surface area contributed by atoms with Gasteiger partial charge >= 0.3 is 6.18 Å². The maximum absolute atomic E-state index is 12.9. The number of hydrogen-bond acceptors (Lipinski definition) is 6. The normalized spacial score (nSPS) is 29.3. The summed E-state index contributed by atoms with van der Waals surface area (Å²) in [6, 6.07) is 2.12. The molecule has 6 nitrogen and oxygen atoms in total. The zero-order valence-corrected chi connectivity index (χ0v) is 17.3. The number of alkyl halides is 3. The highest BCUT2D eigenvalue weighted by molar-refractivity contribution is 7.97. The average molecular weight is 433 g/mol. The predicted octanol–water partition coefficient (Wildman–Crippen LogP) is 2.84. The second kappa shape index (κ2) is 7.12. The fraction of sp³-hybridized carbons (Fsp3) is 0.842. The lowest BCUT2D eigenvalue weighted by atomic mass is 9.64. The van der Waals surface area contributed by atoms with Crippen LogP contribution in [0.5, 0.6) is 0 Å². The second-order valence-electron chi connectivity index (χ2n) is 9.17. The maximum atomic E-state index is 12.9. The molecule has 0 aromatic carbocycles. The molecule has 1 aromatic heterocycles. The van der Waals surface area contributed by atoms with E-state index < -0.39 is 11.9 Å². The van der Waals surface area contributed by atoms with Gasteiger partial charge in [-0.05, 0) is 44.1 Å². The standard InChI is InChI=1S/C19H27F3N4O2S/c1-25-16(6-15(24-25)19(20,21)22)29-26-4-2-18(3-5-26)9-14(10-28-18)23-13-7-17(8-13)11-27-12-17/h6,13-14,23H,2-5,7-12H2,1H3. The van der Waals surface area contributed by atoms with Crippen molar-refractivity contribution in [3.63, 3.8) is 0 Å². The SMILES string of the molecule is Cn1nc(C(F)(F)F)cc1SN1CCC2(CC1)CC(NC1CC3(COC3)C1)CO2. The number of halogens is 3. The third-order valence-corrected chi connectivity index (χ3v) is 8.03. The molecule has 10 heteroatoms. The van der Waals surface area contributed by atoms with Crippen LogP contribution in [0.2, 0.25) is 0 Å². The first-order chi connectivity index (χ1) is 13.7. The van der Waals surface area contributed by atoms with Crippen LogP contribution in [0.25, 0.3) is 0 Å². The van der Waals surface area contributed by atoms with Crippen molar-refractivity contribution < 1.29 is 22.6 Å². The van der Waals surface area contributed by atoms with Crippen LogP contribution in [0, 0.1) is 5.41 Å². The van der Waals surface area contributed by atoms with Gasteiger partial charge in [0.15, 0.2) is 5.69 Å². The van der Waals surface area contributed by atoms with Crippen LogP contribution in [0.1, 0.15) is 37.8 Å². The number of nitrogens with one attached hydrogen (secondary N) is 1. The molecule has 2 spiro atoms. The van der Waals surface area contributed by atoms with Gasteiger partial charge < -0.3 is 14.8 Å². The Morgan fingerprint density at radius 2 is 1.90 bits per heavy atom. The molecule has 0 amide bonds. The van der Waals surface area contributed by atoms with Crippen molar-refractivity contribution >= 4 is 11.9 Å².